The molecule has 1 N–H and O–H groups in total. The third kappa shape index (κ3) is 3.96. The molecule has 0 atom stereocenters. The second kappa shape index (κ2) is 7.07. The number of rotatable bonds is 4. The first-order chi connectivity index (χ1) is 12.3. The molecule has 2 heterocycles. The van der Waals surface area contributed by atoms with Crippen molar-refractivity contribution in [3.05, 3.63) is 65.7 Å². The summed E-state index contributed by atoms with van der Waals surface area (Å²) in [5, 5.41) is 7.36. The number of aromatic nitrogens is 4. The zero-order chi connectivity index (χ0) is 18.7. The maximum absolute atomic E-state index is 12.7. The third-order valence-corrected chi connectivity index (χ3v) is 4.11. The molecular formula is C20H23N5O. The van der Waals surface area contributed by atoms with E-state index >= 15 is 0 Å². The summed E-state index contributed by atoms with van der Waals surface area (Å²) in [6.07, 6.45) is 3.40. The Morgan fingerprint density at radius 1 is 1.12 bits per heavy atom. The van der Waals surface area contributed by atoms with E-state index in [0.717, 1.165) is 17.0 Å². The highest BCUT2D eigenvalue weighted by Crippen LogP contribution is 2.21. The van der Waals surface area contributed by atoms with Gasteiger partial charge >= 0.3 is 0 Å². The average molecular weight is 349 g/mol. The molecule has 0 fully saturated rings. The molecule has 0 unspecified atom stereocenters. The summed E-state index contributed by atoms with van der Waals surface area (Å²) >= 11 is 0. The number of hydrogen-bond acceptors (Lipinski definition) is 4. The molecule has 0 aliphatic rings. The van der Waals surface area contributed by atoms with Crippen LogP contribution in [0, 0.1) is 0 Å². The number of nitrogens with one attached hydrogen (secondary N) is 1. The van der Waals surface area contributed by atoms with Gasteiger partial charge in [0, 0.05) is 36.0 Å². The summed E-state index contributed by atoms with van der Waals surface area (Å²) in [4.78, 5) is 22.8. The predicted molar refractivity (Wildman–Crippen MR) is 101 cm³/mol. The molecule has 2 aromatic heterocycles. The van der Waals surface area contributed by atoms with Crippen LogP contribution in [0.2, 0.25) is 0 Å². The minimum absolute atomic E-state index is 0.0212. The van der Waals surface area contributed by atoms with Gasteiger partial charge in [-0.1, -0.05) is 32.9 Å². The second-order valence-electron chi connectivity index (χ2n) is 7.34. The van der Waals surface area contributed by atoms with E-state index in [9.17, 15) is 4.79 Å². The fraction of sp³-hybridized carbons (Fsp3) is 0.300. The van der Waals surface area contributed by atoms with Gasteiger partial charge in [-0.3, -0.25) is 9.89 Å². The molecule has 0 radical (unpaired) electrons. The molecule has 1 amide bonds. The summed E-state index contributed by atoms with van der Waals surface area (Å²) in [5.41, 5.74) is 3.39. The number of carbonyl (C=O) groups excluding carboxylic acids is 1. The van der Waals surface area contributed by atoms with Gasteiger partial charge in [0.1, 0.15) is 0 Å². The van der Waals surface area contributed by atoms with Gasteiger partial charge < -0.3 is 4.90 Å². The molecule has 6 heteroatoms. The van der Waals surface area contributed by atoms with Crippen LogP contribution in [0.15, 0.2) is 48.8 Å². The molecule has 0 aliphatic heterocycles. The van der Waals surface area contributed by atoms with E-state index in [4.69, 9.17) is 0 Å². The van der Waals surface area contributed by atoms with Gasteiger partial charge in [0.05, 0.1) is 17.9 Å². The Hall–Kier alpha value is -3.02. The quantitative estimate of drug-likeness (QED) is 0.783. The fourth-order valence-electron chi connectivity index (χ4n) is 2.58. The lowest BCUT2D eigenvalue weighted by Crippen LogP contribution is -2.26. The standard InChI is InChI=1S/C20H23N5O/c1-20(2,3)17-12-16(23-24-17)13-25(4)19(26)15-8-6-14(7-9-15)18-21-10-5-11-22-18/h5-12H,13H2,1-4H3,(H,23,24). The molecule has 3 aromatic rings. The van der Waals surface area contributed by atoms with Crippen LogP contribution in [0.4, 0.5) is 0 Å². The largest absolute Gasteiger partial charge is 0.336 e. The molecule has 6 nitrogen and oxygen atoms in total. The van der Waals surface area contributed by atoms with E-state index in [2.05, 4.69) is 40.9 Å². The van der Waals surface area contributed by atoms with Crippen molar-refractivity contribution < 1.29 is 4.79 Å². The zero-order valence-electron chi connectivity index (χ0n) is 15.5. The van der Waals surface area contributed by atoms with Gasteiger partial charge in [-0.2, -0.15) is 5.10 Å². The summed E-state index contributed by atoms with van der Waals surface area (Å²) in [7, 11) is 1.79. The van der Waals surface area contributed by atoms with E-state index in [1.165, 1.54) is 0 Å². The predicted octanol–water partition coefficient (Wildman–Crippen LogP) is 3.44. The van der Waals surface area contributed by atoms with E-state index in [0.29, 0.717) is 17.9 Å². The van der Waals surface area contributed by atoms with Crippen LogP contribution in [-0.4, -0.2) is 38.0 Å². The molecule has 134 valence electrons. The number of hydrogen-bond donors (Lipinski definition) is 1. The summed E-state index contributed by atoms with van der Waals surface area (Å²) in [5.74, 6) is 0.601. The number of amides is 1. The average Bonchev–Trinajstić information content (AvgIpc) is 3.11. The van der Waals surface area contributed by atoms with Crippen molar-refractivity contribution in [3.63, 3.8) is 0 Å². The van der Waals surface area contributed by atoms with Crippen LogP contribution in [0.5, 0.6) is 0 Å². The highest BCUT2D eigenvalue weighted by Gasteiger charge is 2.19. The lowest BCUT2D eigenvalue weighted by molar-refractivity contribution is 0.0783. The first-order valence-electron chi connectivity index (χ1n) is 8.52. The molecule has 0 saturated heterocycles. The summed E-state index contributed by atoms with van der Waals surface area (Å²) in [6.45, 7) is 6.81. The molecule has 3 rings (SSSR count). The van der Waals surface area contributed by atoms with Crippen molar-refractivity contribution in [1.29, 1.82) is 0 Å². The highest BCUT2D eigenvalue weighted by molar-refractivity contribution is 5.94. The van der Waals surface area contributed by atoms with Crippen LogP contribution in [0.1, 0.15) is 42.5 Å². The van der Waals surface area contributed by atoms with Gasteiger partial charge in [0.25, 0.3) is 5.91 Å². The van der Waals surface area contributed by atoms with Crippen molar-refractivity contribution in [3.8, 4) is 11.4 Å². The van der Waals surface area contributed by atoms with E-state index in [-0.39, 0.29) is 11.3 Å². The normalized spacial score (nSPS) is 11.4. The lowest BCUT2D eigenvalue weighted by Gasteiger charge is -2.16. The highest BCUT2D eigenvalue weighted by atomic mass is 16.2. The number of benzene rings is 1. The van der Waals surface area contributed by atoms with Crippen molar-refractivity contribution in [1.82, 2.24) is 25.1 Å². The summed E-state index contributed by atoms with van der Waals surface area (Å²) in [6, 6.07) is 11.1. The molecular weight excluding hydrogens is 326 g/mol. The van der Waals surface area contributed by atoms with E-state index in [1.807, 2.05) is 18.2 Å². The third-order valence-electron chi connectivity index (χ3n) is 4.11. The van der Waals surface area contributed by atoms with Gasteiger partial charge in [0.2, 0.25) is 0 Å². The molecule has 1 aromatic carbocycles. The Morgan fingerprint density at radius 2 is 1.77 bits per heavy atom. The second-order valence-corrected chi connectivity index (χ2v) is 7.34. The number of aromatic amines is 1. The molecule has 0 spiro atoms. The van der Waals surface area contributed by atoms with Gasteiger partial charge in [-0.05, 0) is 24.3 Å². The lowest BCUT2D eigenvalue weighted by atomic mass is 9.92. The molecule has 0 bridgehead atoms. The topological polar surface area (TPSA) is 74.8 Å². The van der Waals surface area contributed by atoms with Gasteiger partial charge in [0.15, 0.2) is 5.82 Å². The molecule has 0 saturated carbocycles. The minimum atomic E-state index is -0.0440. The van der Waals surface area contributed by atoms with Crippen LogP contribution >= 0.6 is 0 Å². The molecule has 26 heavy (non-hydrogen) atoms. The van der Waals surface area contributed by atoms with Crippen molar-refractivity contribution in [2.45, 2.75) is 32.7 Å². The maximum atomic E-state index is 12.7. The molecule has 0 aliphatic carbocycles. The Kier molecular flexibility index (Phi) is 4.84. The first-order valence-corrected chi connectivity index (χ1v) is 8.52. The zero-order valence-corrected chi connectivity index (χ0v) is 15.5. The Labute approximate surface area is 153 Å². The summed E-state index contributed by atoms with van der Waals surface area (Å²) < 4.78 is 0. The van der Waals surface area contributed by atoms with Gasteiger partial charge in [-0.15, -0.1) is 0 Å². The van der Waals surface area contributed by atoms with Crippen LogP contribution < -0.4 is 0 Å². The number of H-pyrrole nitrogens is 1. The Balaban J connectivity index is 1.69. The smallest absolute Gasteiger partial charge is 0.253 e. The Bertz CT molecular complexity index is 879. The maximum Gasteiger partial charge on any atom is 0.253 e. The van der Waals surface area contributed by atoms with Crippen LogP contribution in [0.3, 0.4) is 0 Å². The van der Waals surface area contributed by atoms with Crippen LogP contribution in [-0.2, 0) is 12.0 Å². The first kappa shape index (κ1) is 17.8. The Morgan fingerprint density at radius 3 is 2.35 bits per heavy atom. The number of nitrogens with zero attached hydrogens (tertiary/aromatic N) is 4. The van der Waals surface area contributed by atoms with E-state index < -0.39 is 0 Å². The number of carbonyl (C=O) groups is 1. The van der Waals surface area contributed by atoms with Gasteiger partial charge in [-0.25, -0.2) is 9.97 Å². The van der Waals surface area contributed by atoms with E-state index in [1.54, 1.807) is 42.5 Å². The monoisotopic (exact) mass is 349 g/mol. The van der Waals surface area contributed by atoms with Crippen molar-refractivity contribution in [2.75, 3.05) is 7.05 Å². The van der Waals surface area contributed by atoms with Crippen LogP contribution in [0.25, 0.3) is 11.4 Å². The fourth-order valence-corrected chi connectivity index (χ4v) is 2.58. The minimum Gasteiger partial charge on any atom is -0.336 e. The van der Waals surface area contributed by atoms with Crippen molar-refractivity contribution >= 4 is 5.91 Å². The van der Waals surface area contributed by atoms with Crippen molar-refractivity contribution in [2.24, 2.45) is 0 Å². The SMILES string of the molecule is CN(Cc1cc(C(C)(C)C)n[nH]1)C(=O)c1ccc(-c2ncccn2)cc1.